The highest BCUT2D eigenvalue weighted by atomic mass is 127. The van der Waals surface area contributed by atoms with Gasteiger partial charge in [0.2, 0.25) is 0 Å². The minimum atomic E-state index is -0.952. The molecule has 0 aliphatic heterocycles. The number of carbonyl (C=O) groups is 3. The molecule has 0 heterocycles. The number of rotatable bonds is 8. The van der Waals surface area contributed by atoms with Crippen molar-refractivity contribution in [2.24, 2.45) is 5.10 Å². The molecular formula is C24H20ClIN4O5. The van der Waals surface area contributed by atoms with E-state index in [1.807, 2.05) is 40.8 Å². The van der Waals surface area contributed by atoms with Crippen molar-refractivity contribution in [1.29, 1.82) is 0 Å². The Labute approximate surface area is 220 Å². The Morgan fingerprint density at radius 2 is 1.71 bits per heavy atom. The lowest BCUT2D eigenvalue weighted by atomic mass is 10.2. The van der Waals surface area contributed by atoms with Gasteiger partial charge in [0.1, 0.15) is 0 Å². The van der Waals surface area contributed by atoms with Crippen molar-refractivity contribution in [2.45, 2.75) is 0 Å². The second-order valence-electron chi connectivity index (χ2n) is 6.90. The highest BCUT2D eigenvalue weighted by Gasteiger charge is 2.15. The summed E-state index contributed by atoms with van der Waals surface area (Å²) in [6.07, 6.45) is 1.35. The van der Waals surface area contributed by atoms with E-state index in [1.54, 1.807) is 42.5 Å². The quantitative estimate of drug-likeness (QED) is 0.155. The van der Waals surface area contributed by atoms with Gasteiger partial charge in [-0.25, -0.2) is 5.43 Å². The van der Waals surface area contributed by atoms with Gasteiger partial charge >= 0.3 is 11.8 Å². The largest absolute Gasteiger partial charge is 0.493 e. The fraction of sp³-hybridized carbons (Fsp3) is 0.0833. The summed E-state index contributed by atoms with van der Waals surface area (Å²) >= 11 is 7.90. The summed E-state index contributed by atoms with van der Waals surface area (Å²) in [5.74, 6) is -1.41. The Morgan fingerprint density at radius 3 is 2.43 bits per heavy atom. The van der Waals surface area contributed by atoms with Crippen LogP contribution in [0.3, 0.4) is 0 Å². The summed E-state index contributed by atoms with van der Waals surface area (Å²) in [5.41, 5.74) is 3.78. The molecule has 3 N–H and O–H groups in total. The average Bonchev–Trinajstić information content (AvgIpc) is 2.83. The van der Waals surface area contributed by atoms with E-state index in [0.29, 0.717) is 37.0 Å². The van der Waals surface area contributed by atoms with E-state index < -0.39 is 11.8 Å². The molecule has 3 aromatic rings. The average molecular weight is 607 g/mol. The van der Waals surface area contributed by atoms with Crippen LogP contribution < -0.4 is 25.5 Å². The third kappa shape index (κ3) is 7.97. The first kappa shape index (κ1) is 26.0. The van der Waals surface area contributed by atoms with Gasteiger partial charge < -0.3 is 20.1 Å². The number of amides is 3. The van der Waals surface area contributed by atoms with Crippen LogP contribution in [0.5, 0.6) is 11.5 Å². The van der Waals surface area contributed by atoms with Gasteiger partial charge in [0.05, 0.1) is 16.9 Å². The smallest absolute Gasteiger partial charge is 0.329 e. The number of ether oxygens (including phenoxy) is 2. The van der Waals surface area contributed by atoms with Gasteiger partial charge in [-0.2, -0.15) is 5.10 Å². The molecule has 0 aromatic heterocycles. The van der Waals surface area contributed by atoms with E-state index in [1.165, 1.54) is 19.4 Å². The first-order valence-electron chi connectivity index (χ1n) is 10.1. The van der Waals surface area contributed by atoms with Gasteiger partial charge in [-0.3, -0.25) is 14.4 Å². The zero-order valence-electron chi connectivity index (χ0n) is 18.4. The van der Waals surface area contributed by atoms with E-state index in [-0.39, 0.29) is 12.5 Å². The summed E-state index contributed by atoms with van der Waals surface area (Å²) < 4.78 is 11.7. The van der Waals surface area contributed by atoms with Crippen molar-refractivity contribution in [2.75, 3.05) is 24.4 Å². The lowest BCUT2D eigenvalue weighted by Gasteiger charge is -2.13. The van der Waals surface area contributed by atoms with Crippen LogP contribution in [0.25, 0.3) is 0 Å². The normalized spacial score (nSPS) is 10.5. The number of nitrogens with one attached hydrogen (secondary N) is 3. The maximum absolute atomic E-state index is 12.2. The predicted molar refractivity (Wildman–Crippen MR) is 142 cm³/mol. The molecule has 0 unspecified atom stereocenters. The number of carbonyl (C=O) groups excluding carboxylic acids is 3. The van der Waals surface area contributed by atoms with Gasteiger partial charge in [-0.15, -0.1) is 0 Å². The zero-order valence-corrected chi connectivity index (χ0v) is 21.3. The standard InChI is InChI=1S/C24H20ClIN4O5/c1-34-20-11-15(13-27-30-24(33)23(32)29-18-9-5-6-16(25)12-18)10-19(26)22(20)35-14-21(31)28-17-7-3-2-4-8-17/h2-13H,14H2,1H3,(H,28,31)(H,29,32)(H,30,33)/b27-13-. The summed E-state index contributed by atoms with van der Waals surface area (Å²) in [7, 11) is 1.46. The van der Waals surface area contributed by atoms with E-state index in [4.69, 9.17) is 21.1 Å². The van der Waals surface area contributed by atoms with E-state index in [0.717, 1.165) is 0 Å². The molecule has 3 amide bonds. The van der Waals surface area contributed by atoms with Crippen LogP contribution in [0, 0.1) is 3.57 Å². The van der Waals surface area contributed by atoms with E-state index in [2.05, 4.69) is 21.2 Å². The number of hydrogen-bond acceptors (Lipinski definition) is 6. The lowest BCUT2D eigenvalue weighted by Crippen LogP contribution is -2.32. The maximum Gasteiger partial charge on any atom is 0.329 e. The molecule has 0 bridgehead atoms. The Hall–Kier alpha value is -3.64. The molecular weight excluding hydrogens is 587 g/mol. The number of anilines is 2. The molecule has 0 aliphatic carbocycles. The van der Waals surface area contributed by atoms with Crippen molar-refractivity contribution in [3.05, 3.63) is 80.9 Å². The predicted octanol–water partition coefficient (Wildman–Crippen LogP) is 4.06. The van der Waals surface area contributed by atoms with Gasteiger partial charge in [0, 0.05) is 16.4 Å². The van der Waals surface area contributed by atoms with Crippen molar-refractivity contribution in [3.8, 4) is 11.5 Å². The first-order valence-corrected chi connectivity index (χ1v) is 11.6. The lowest BCUT2D eigenvalue weighted by molar-refractivity contribution is -0.136. The third-order valence-electron chi connectivity index (χ3n) is 4.33. The van der Waals surface area contributed by atoms with Crippen LogP contribution in [-0.2, 0) is 14.4 Å². The molecule has 180 valence electrons. The number of para-hydroxylation sites is 1. The van der Waals surface area contributed by atoms with Crippen LogP contribution in [0.1, 0.15) is 5.56 Å². The van der Waals surface area contributed by atoms with Crippen molar-refractivity contribution in [1.82, 2.24) is 5.43 Å². The molecule has 35 heavy (non-hydrogen) atoms. The fourth-order valence-corrected chi connectivity index (χ4v) is 3.75. The number of hydrogen-bond donors (Lipinski definition) is 3. The van der Waals surface area contributed by atoms with Gasteiger partial charge in [0.15, 0.2) is 18.1 Å². The van der Waals surface area contributed by atoms with Crippen molar-refractivity contribution < 1.29 is 23.9 Å². The van der Waals surface area contributed by atoms with Gasteiger partial charge in [-0.1, -0.05) is 35.9 Å². The van der Waals surface area contributed by atoms with Crippen molar-refractivity contribution >= 4 is 69.5 Å². The Bertz CT molecular complexity index is 1250. The number of nitrogens with zero attached hydrogens (tertiary/aromatic N) is 1. The van der Waals surface area contributed by atoms with Crippen LogP contribution in [0.4, 0.5) is 11.4 Å². The summed E-state index contributed by atoms with van der Waals surface area (Å²) in [6.45, 7) is -0.216. The van der Waals surface area contributed by atoms with Crippen molar-refractivity contribution in [3.63, 3.8) is 0 Å². The molecule has 11 heteroatoms. The Morgan fingerprint density at radius 1 is 0.971 bits per heavy atom. The Kier molecular flexibility index (Phi) is 9.44. The molecule has 0 saturated heterocycles. The van der Waals surface area contributed by atoms with Gasteiger partial charge in [0.25, 0.3) is 5.91 Å². The van der Waals surface area contributed by atoms with Crippen LogP contribution in [-0.4, -0.2) is 37.7 Å². The zero-order chi connectivity index (χ0) is 25.2. The van der Waals surface area contributed by atoms with Crippen LogP contribution in [0.2, 0.25) is 5.02 Å². The SMILES string of the molecule is COc1cc(/C=N\NC(=O)C(=O)Nc2cccc(Cl)c2)cc(I)c1OCC(=O)Nc1ccccc1. The monoisotopic (exact) mass is 606 g/mol. The van der Waals surface area contributed by atoms with E-state index >= 15 is 0 Å². The fourth-order valence-electron chi connectivity index (χ4n) is 2.78. The molecule has 0 saturated carbocycles. The van der Waals surface area contributed by atoms with Gasteiger partial charge in [-0.05, 0) is 70.6 Å². The molecule has 0 radical (unpaired) electrons. The molecule has 0 atom stereocenters. The Balaban J connectivity index is 1.58. The minimum absolute atomic E-state index is 0.216. The number of methoxy groups -OCH3 is 1. The molecule has 9 nitrogen and oxygen atoms in total. The molecule has 3 rings (SSSR count). The summed E-state index contributed by atoms with van der Waals surface area (Å²) in [4.78, 5) is 36.2. The van der Waals surface area contributed by atoms with Crippen LogP contribution in [0.15, 0.2) is 71.8 Å². The number of benzene rings is 3. The molecule has 0 spiro atoms. The third-order valence-corrected chi connectivity index (χ3v) is 5.36. The van der Waals surface area contributed by atoms with Crippen LogP contribution >= 0.6 is 34.2 Å². The first-order chi connectivity index (χ1) is 16.9. The topological polar surface area (TPSA) is 118 Å². The minimum Gasteiger partial charge on any atom is -0.493 e. The highest BCUT2D eigenvalue weighted by molar-refractivity contribution is 14.1. The second kappa shape index (κ2) is 12.7. The summed E-state index contributed by atoms with van der Waals surface area (Å²) in [6, 6.07) is 18.8. The number of halogens is 2. The number of hydrazone groups is 1. The summed E-state index contributed by atoms with van der Waals surface area (Å²) in [5, 5.41) is 9.40. The maximum atomic E-state index is 12.2. The molecule has 0 fully saturated rings. The highest BCUT2D eigenvalue weighted by Crippen LogP contribution is 2.33. The second-order valence-corrected chi connectivity index (χ2v) is 8.50. The molecule has 3 aromatic carbocycles. The van der Waals surface area contributed by atoms with E-state index in [9.17, 15) is 14.4 Å². The molecule has 0 aliphatic rings.